The summed E-state index contributed by atoms with van der Waals surface area (Å²) >= 11 is 1.52. The average molecular weight is 459 g/mol. The fraction of sp³-hybridized carbons (Fsp3) is 0.200. The molecule has 168 valence electrons. The van der Waals surface area contributed by atoms with Gasteiger partial charge < -0.3 is 16.4 Å². The predicted molar refractivity (Wildman–Crippen MR) is 135 cm³/mol. The minimum absolute atomic E-state index is 0.0128. The molecule has 8 heteroatoms. The number of aromatic nitrogens is 3. The third-order valence-electron chi connectivity index (χ3n) is 5.09. The number of carbonyl (C=O) groups excluding carboxylic acids is 1. The van der Waals surface area contributed by atoms with Gasteiger partial charge in [-0.3, -0.25) is 4.79 Å². The number of nitrogens with two attached hydrogens (primary N) is 1. The highest BCUT2D eigenvalue weighted by molar-refractivity contribution is 7.14. The smallest absolute Gasteiger partial charge is 0.265 e. The second-order valence-electron chi connectivity index (χ2n) is 8.75. The molecule has 0 spiro atoms. The van der Waals surface area contributed by atoms with Crippen LogP contribution >= 0.6 is 11.3 Å². The maximum atomic E-state index is 12.8. The standard InChI is InChI=1S/C25H26N6OS/c1-15-7-8-16(30-24(32)20-9-10-21(33-20)25(2,3)4)12-18(15)31-23-17(6-5-11-27-23)19-13-22(26)29-14-28-19/h5-14H,1-4H3,(H,27,31)(H,30,32)(H2,26,28,29). The van der Waals surface area contributed by atoms with Gasteiger partial charge in [-0.1, -0.05) is 26.8 Å². The molecule has 4 N–H and O–H groups in total. The van der Waals surface area contributed by atoms with Crippen molar-refractivity contribution >= 4 is 40.3 Å². The molecule has 3 heterocycles. The quantitative estimate of drug-likeness (QED) is 0.350. The molecule has 1 aromatic carbocycles. The van der Waals surface area contributed by atoms with Gasteiger partial charge in [0.25, 0.3) is 5.91 Å². The van der Waals surface area contributed by atoms with E-state index in [0.717, 1.165) is 16.8 Å². The van der Waals surface area contributed by atoms with Crippen LogP contribution in [0.15, 0.2) is 61.1 Å². The number of anilines is 4. The zero-order chi connectivity index (χ0) is 23.6. The van der Waals surface area contributed by atoms with Gasteiger partial charge >= 0.3 is 0 Å². The van der Waals surface area contributed by atoms with Crippen LogP contribution in [-0.2, 0) is 5.41 Å². The van der Waals surface area contributed by atoms with E-state index < -0.39 is 0 Å². The summed E-state index contributed by atoms with van der Waals surface area (Å²) in [6.45, 7) is 8.41. The number of carbonyl (C=O) groups is 1. The van der Waals surface area contributed by atoms with Gasteiger partial charge in [0.05, 0.1) is 10.6 Å². The Hall–Kier alpha value is -3.78. The molecule has 7 nitrogen and oxygen atoms in total. The van der Waals surface area contributed by atoms with Gasteiger partial charge in [0.2, 0.25) is 0 Å². The van der Waals surface area contributed by atoms with Gasteiger partial charge in [0, 0.05) is 34.1 Å². The topological polar surface area (TPSA) is 106 Å². The zero-order valence-electron chi connectivity index (χ0n) is 19.0. The lowest BCUT2D eigenvalue weighted by Crippen LogP contribution is -2.11. The summed E-state index contributed by atoms with van der Waals surface area (Å²) in [6, 6.07) is 15.1. The van der Waals surface area contributed by atoms with Gasteiger partial charge in [-0.05, 0) is 54.3 Å². The summed E-state index contributed by atoms with van der Waals surface area (Å²) in [6.07, 6.45) is 3.14. The summed E-state index contributed by atoms with van der Waals surface area (Å²) < 4.78 is 0. The van der Waals surface area contributed by atoms with Crippen molar-refractivity contribution in [1.29, 1.82) is 0 Å². The van der Waals surface area contributed by atoms with E-state index in [-0.39, 0.29) is 11.3 Å². The van der Waals surface area contributed by atoms with Crippen molar-refractivity contribution in [3.8, 4) is 11.3 Å². The molecule has 3 aromatic heterocycles. The van der Waals surface area contributed by atoms with Crippen molar-refractivity contribution in [3.05, 3.63) is 76.4 Å². The van der Waals surface area contributed by atoms with Crippen LogP contribution in [0.1, 0.15) is 40.9 Å². The maximum Gasteiger partial charge on any atom is 0.265 e. The van der Waals surface area contributed by atoms with Gasteiger partial charge in [-0.15, -0.1) is 11.3 Å². The Kier molecular flexibility index (Phi) is 6.11. The number of rotatable bonds is 5. The van der Waals surface area contributed by atoms with E-state index in [1.54, 1.807) is 12.3 Å². The molecule has 0 aliphatic rings. The number of amides is 1. The molecule has 0 fully saturated rings. The van der Waals surface area contributed by atoms with Crippen LogP contribution < -0.4 is 16.4 Å². The number of hydrogen-bond donors (Lipinski definition) is 3. The van der Waals surface area contributed by atoms with Crippen LogP contribution in [0.2, 0.25) is 0 Å². The first-order valence-corrected chi connectivity index (χ1v) is 11.3. The molecule has 4 aromatic rings. The van der Waals surface area contributed by atoms with E-state index in [1.165, 1.54) is 22.5 Å². The van der Waals surface area contributed by atoms with E-state index >= 15 is 0 Å². The zero-order valence-corrected chi connectivity index (χ0v) is 19.8. The van der Waals surface area contributed by atoms with Crippen molar-refractivity contribution in [2.24, 2.45) is 0 Å². The van der Waals surface area contributed by atoms with E-state index in [4.69, 9.17) is 5.73 Å². The number of nitrogens with one attached hydrogen (secondary N) is 2. The van der Waals surface area contributed by atoms with E-state index in [0.29, 0.717) is 27.9 Å². The number of aryl methyl sites for hydroxylation is 1. The summed E-state index contributed by atoms with van der Waals surface area (Å²) in [7, 11) is 0. The van der Waals surface area contributed by atoms with Gasteiger partial charge in [-0.2, -0.15) is 0 Å². The van der Waals surface area contributed by atoms with Crippen LogP contribution in [0.5, 0.6) is 0 Å². The Balaban J connectivity index is 1.58. The fourth-order valence-corrected chi connectivity index (χ4v) is 4.21. The Morgan fingerprint density at radius 1 is 1.03 bits per heavy atom. The molecule has 0 aliphatic carbocycles. The molecule has 33 heavy (non-hydrogen) atoms. The molecule has 0 atom stereocenters. The van der Waals surface area contributed by atoms with Crippen molar-refractivity contribution in [1.82, 2.24) is 15.0 Å². The summed E-state index contributed by atoms with van der Waals surface area (Å²) in [4.78, 5) is 27.4. The lowest BCUT2D eigenvalue weighted by Gasteiger charge is -2.15. The van der Waals surface area contributed by atoms with Gasteiger partial charge in [0.15, 0.2) is 0 Å². The monoisotopic (exact) mass is 458 g/mol. The molecule has 0 saturated heterocycles. The minimum Gasteiger partial charge on any atom is -0.384 e. The molecule has 1 amide bonds. The van der Waals surface area contributed by atoms with E-state index in [2.05, 4.69) is 46.4 Å². The number of benzene rings is 1. The molecule has 0 saturated carbocycles. The van der Waals surface area contributed by atoms with Crippen LogP contribution in [0.4, 0.5) is 23.0 Å². The van der Waals surface area contributed by atoms with Crippen LogP contribution in [0, 0.1) is 6.92 Å². The van der Waals surface area contributed by atoms with Crippen molar-refractivity contribution in [2.75, 3.05) is 16.4 Å². The van der Waals surface area contributed by atoms with E-state index in [1.807, 2.05) is 49.4 Å². The highest BCUT2D eigenvalue weighted by atomic mass is 32.1. The molecule has 0 radical (unpaired) electrons. The fourth-order valence-electron chi connectivity index (χ4n) is 3.25. The third kappa shape index (κ3) is 5.18. The summed E-state index contributed by atoms with van der Waals surface area (Å²) in [5.41, 5.74) is 9.86. The lowest BCUT2D eigenvalue weighted by atomic mass is 9.95. The lowest BCUT2D eigenvalue weighted by molar-refractivity contribution is 0.103. The number of thiophene rings is 1. The van der Waals surface area contributed by atoms with Crippen LogP contribution in [0.3, 0.4) is 0 Å². The summed E-state index contributed by atoms with van der Waals surface area (Å²) in [5, 5.41) is 6.38. The van der Waals surface area contributed by atoms with Crippen LogP contribution in [-0.4, -0.2) is 20.9 Å². The Labute approximate surface area is 197 Å². The Morgan fingerprint density at radius 3 is 2.58 bits per heavy atom. The van der Waals surface area contributed by atoms with E-state index in [9.17, 15) is 4.79 Å². The first-order valence-electron chi connectivity index (χ1n) is 10.5. The molecule has 0 aliphatic heterocycles. The second-order valence-corrected chi connectivity index (χ2v) is 9.83. The van der Waals surface area contributed by atoms with Crippen molar-refractivity contribution in [3.63, 3.8) is 0 Å². The second kappa shape index (κ2) is 8.99. The number of nitrogens with zero attached hydrogens (tertiary/aromatic N) is 3. The average Bonchev–Trinajstić information content (AvgIpc) is 3.28. The molecule has 0 unspecified atom stereocenters. The number of hydrogen-bond acceptors (Lipinski definition) is 7. The highest BCUT2D eigenvalue weighted by Crippen LogP contribution is 2.32. The number of pyridine rings is 1. The SMILES string of the molecule is Cc1ccc(NC(=O)c2ccc(C(C)(C)C)s2)cc1Nc1ncccc1-c1cc(N)ncn1. The normalized spacial score (nSPS) is 11.3. The molecular weight excluding hydrogens is 432 g/mol. The molecule has 0 bridgehead atoms. The van der Waals surface area contributed by atoms with Gasteiger partial charge in [-0.25, -0.2) is 15.0 Å². The Morgan fingerprint density at radius 2 is 1.85 bits per heavy atom. The maximum absolute atomic E-state index is 12.8. The van der Waals surface area contributed by atoms with Crippen LogP contribution in [0.25, 0.3) is 11.3 Å². The largest absolute Gasteiger partial charge is 0.384 e. The first-order chi connectivity index (χ1) is 15.7. The predicted octanol–water partition coefficient (Wildman–Crippen LogP) is 5.78. The molecular formula is C25H26N6OS. The molecule has 4 rings (SSSR count). The van der Waals surface area contributed by atoms with Crippen molar-refractivity contribution in [2.45, 2.75) is 33.1 Å². The minimum atomic E-state index is -0.125. The van der Waals surface area contributed by atoms with Gasteiger partial charge in [0.1, 0.15) is 18.0 Å². The van der Waals surface area contributed by atoms with Crippen molar-refractivity contribution < 1.29 is 4.79 Å². The Bertz CT molecular complexity index is 1310. The first kappa shape index (κ1) is 22.4. The summed E-state index contributed by atoms with van der Waals surface area (Å²) in [5.74, 6) is 0.898. The number of nitrogen functional groups attached to an aromatic ring is 1. The highest BCUT2D eigenvalue weighted by Gasteiger charge is 2.19. The third-order valence-corrected chi connectivity index (χ3v) is 6.60.